The van der Waals surface area contributed by atoms with Crippen LogP contribution < -0.4 is 0 Å². The molecule has 0 aliphatic rings. The van der Waals surface area contributed by atoms with Crippen molar-refractivity contribution in [1.82, 2.24) is 0 Å². The minimum atomic E-state index is -2.51. The van der Waals surface area contributed by atoms with E-state index < -0.39 is 38.0 Å². The third-order valence-corrected chi connectivity index (χ3v) is 0. The van der Waals surface area contributed by atoms with Crippen LogP contribution in [-0.4, -0.2) is 21.1 Å². The molecule has 0 aromatic carbocycles. The van der Waals surface area contributed by atoms with Gasteiger partial charge in [0, 0.05) is 0 Å². The molecule has 0 amide bonds. The summed E-state index contributed by atoms with van der Waals surface area (Å²) >= 11 is -2.51. The van der Waals surface area contributed by atoms with E-state index in [1.807, 2.05) is 0 Å². The molecule has 0 rings (SSSR count). The van der Waals surface area contributed by atoms with Gasteiger partial charge in [0.05, 0.1) is 10.2 Å². The van der Waals surface area contributed by atoms with E-state index in [1.54, 1.807) is 0 Å². The molecule has 13 heteroatoms. The third-order valence-electron chi connectivity index (χ3n) is 0. The first-order chi connectivity index (χ1) is 4.88. The standard InChI is InChI=1S/2NO3.2H2O.2O.U/c2*2-1(3)4;;;;;/h;;2*1H2;;;/q2*-1;;;;;+2. The summed E-state index contributed by atoms with van der Waals surface area (Å²) in [4.78, 5) is 16.5. The van der Waals surface area contributed by atoms with E-state index in [0.717, 1.165) is 0 Å². The van der Waals surface area contributed by atoms with Crippen molar-refractivity contribution in [3.63, 3.8) is 0 Å². The molecule has 0 aliphatic carbocycles. The van der Waals surface area contributed by atoms with E-state index in [2.05, 4.69) is 0 Å². The number of hydrogen-bond acceptors (Lipinski definition) is 8. The van der Waals surface area contributed by atoms with Crippen LogP contribution in [0.2, 0.25) is 0 Å². The molecule has 0 unspecified atom stereocenters. The van der Waals surface area contributed by atoms with Crippen LogP contribution in [0.3, 0.4) is 0 Å². The first-order valence-corrected chi connectivity index (χ1v) is 4.90. The Labute approximate surface area is 84.2 Å². The quantitative estimate of drug-likeness (QED) is 0.297. The van der Waals surface area contributed by atoms with Gasteiger partial charge in [0.2, 0.25) is 0 Å². The van der Waals surface area contributed by atoms with Gasteiger partial charge in [0.25, 0.3) is 0 Å². The fourth-order valence-corrected chi connectivity index (χ4v) is 0. The normalized spacial score (nSPS) is 4.31. The molecule has 0 saturated carbocycles. The van der Waals surface area contributed by atoms with Crippen LogP contribution in [0.5, 0.6) is 0 Å². The summed E-state index contributed by atoms with van der Waals surface area (Å²) < 4.78 is 17.2. The van der Waals surface area contributed by atoms with Gasteiger partial charge in [-0.2, -0.15) is 0 Å². The van der Waals surface area contributed by atoms with E-state index in [1.165, 1.54) is 0 Å². The Morgan fingerprint density at radius 2 is 0.769 bits per heavy atom. The van der Waals surface area contributed by atoms with E-state index >= 15 is 0 Å². The van der Waals surface area contributed by atoms with Crippen molar-refractivity contribution in [2.75, 3.05) is 0 Å². The molecule has 0 atom stereocenters. The molecule has 0 fully saturated rings. The third kappa shape index (κ3) is 836. The maximum atomic E-state index is 8.58. The fraction of sp³-hybridized carbons (Fsp3) is 0. The van der Waals surface area contributed by atoms with Crippen LogP contribution >= 0.6 is 0 Å². The second-order valence-electron chi connectivity index (χ2n) is 0.531. The Bertz CT molecular complexity index is 125. The number of nitrogens with zero attached hydrogens (tertiary/aromatic N) is 2. The van der Waals surface area contributed by atoms with Gasteiger partial charge >= 0.3 is 32.3 Å². The molecule has 0 saturated heterocycles. The molecular weight excluding hydrogens is 426 g/mol. The SMILES string of the molecule is O.O.O=[N+]([O-])[O-].O=[N+]([O-])[O-].[O]=[U+2]=[O]. The second-order valence-corrected chi connectivity index (χ2v) is 1.22. The van der Waals surface area contributed by atoms with Crippen molar-refractivity contribution in [1.29, 1.82) is 0 Å². The van der Waals surface area contributed by atoms with Crippen LogP contribution in [-0.2, 0) is 4.47 Å². The maximum absolute atomic E-state index is 8.58. The molecule has 0 heterocycles. The molecule has 0 bridgehead atoms. The van der Waals surface area contributed by atoms with Crippen LogP contribution in [0.4, 0.5) is 0 Å². The zero-order chi connectivity index (χ0) is 9.86. The molecule has 0 aromatic heterocycles. The molecule has 0 aliphatic heterocycles. The van der Waals surface area contributed by atoms with Gasteiger partial charge in [-0.25, -0.2) is 0 Å². The molecule has 13 heavy (non-hydrogen) atoms. The topological polar surface area (TPSA) is 230 Å². The van der Waals surface area contributed by atoms with E-state index in [4.69, 9.17) is 35.1 Å². The Morgan fingerprint density at radius 3 is 0.769 bits per heavy atom. The summed E-state index contributed by atoms with van der Waals surface area (Å²) in [7, 11) is 0. The number of rotatable bonds is 0. The van der Waals surface area contributed by atoms with E-state index in [9.17, 15) is 0 Å². The van der Waals surface area contributed by atoms with Crippen molar-refractivity contribution in [3.05, 3.63) is 30.6 Å². The Hall–Kier alpha value is -1.03. The van der Waals surface area contributed by atoms with Crippen LogP contribution in [0.1, 0.15) is 0 Å². The van der Waals surface area contributed by atoms with Crippen LogP contribution in [0.25, 0.3) is 0 Å². The molecule has 0 spiro atoms. The molecular formula is H4N2O10U. The fourth-order valence-electron chi connectivity index (χ4n) is 0. The van der Waals surface area contributed by atoms with Crippen LogP contribution in [0, 0.1) is 58.5 Å². The summed E-state index contributed by atoms with van der Waals surface area (Å²) in [6, 6.07) is 0. The van der Waals surface area contributed by atoms with Gasteiger partial charge in [-0.3, -0.25) is 0 Å². The van der Waals surface area contributed by atoms with Gasteiger partial charge in [0.15, 0.2) is 0 Å². The summed E-state index contributed by atoms with van der Waals surface area (Å²) in [6.45, 7) is 0. The van der Waals surface area contributed by atoms with Crippen molar-refractivity contribution >= 4 is 0 Å². The molecule has 0 aromatic rings. The van der Waals surface area contributed by atoms with Gasteiger partial charge in [-0.05, 0) is 0 Å². The summed E-state index contributed by atoms with van der Waals surface area (Å²) in [6.07, 6.45) is 0. The summed E-state index contributed by atoms with van der Waals surface area (Å²) in [5.74, 6) is 0. The summed E-state index contributed by atoms with van der Waals surface area (Å²) in [5.41, 5.74) is 0. The second kappa shape index (κ2) is 30.6. The van der Waals surface area contributed by atoms with E-state index in [-0.39, 0.29) is 11.0 Å². The monoisotopic (exact) mass is 430 g/mol. The van der Waals surface area contributed by atoms with Crippen molar-refractivity contribution in [2.45, 2.75) is 0 Å². The van der Waals surface area contributed by atoms with Crippen LogP contribution in [0.15, 0.2) is 0 Å². The first kappa shape index (κ1) is 29.6. The van der Waals surface area contributed by atoms with Crippen molar-refractivity contribution < 1.29 is 53.4 Å². The minimum absolute atomic E-state index is 0. The van der Waals surface area contributed by atoms with Crippen molar-refractivity contribution in [3.8, 4) is 0 Å². The Balaban J connectivity index is -0.0000000231. The Morgan fingerprint density at radius 1 is 0.769 bits per heavy atom. The van der Waals surface area contributed by atoms with Crippen molar-refractivity contribution in [2.24, 2.45) is 0 Å². The predicted molar refractivity (Wildman–Crippen MR) is 29.3 cm³/mol. The Kier molecular flexibility index (Phi) is 69.8. The van der Waals surface area contributed by atoms with Gasteiger partial charge in [0.1, 0.15) is 0 Å². The van der Waals surface area contributed by atoms with Gasteiger partial charge in [-0.15, -0.1) is 0 Å². The van der Waals surface area contributed by atoms with Gasteiger partial charge < -0.3 is 41.6 Å². The summed E-state index contributed by atoms with van der Waals surface area (Å²) in [5, 5.41) is 29.5. The zero-order valence-electron chi connectivity index (χ0n) is 5.66. The predicted octanol–water partition coefficient (Wildman–Crippen LogP) is -2.37. The molecule has 4 N–H and O–H groups in total. The molecule has 0 radical (unpaired) electrons. The first-order valence-electron chi connectivity index (χ1n) is 1.50. The average molecular weight is 430 g/mol. The van der Waals surface area contributed by atoms with Gasteiger partial charge in [-0.1, -0.05) is 0 Å². The number of hydrogen-bond donors (Lipinski definition) is 0. The zero-order valence-corrected chi connectivity index (χ0v) is 9.82. The average Bonchev–Trinajstić information content (AvgIpc) is 1.60. The molecule has 78 valence electrons. The van der Waals surface area contributed by atoms with E-state index in [0.29, 0.717) is 0 Å². The molecule has 12 nitrogen and oxygen atoms in total.